The highest BCUT2D eigenvalue weighted by molar-refractivity contribution is 6.20. The van der Waals surface area contributed by atoms with Gasteiger partial charge in [-0.25, -0.2) is 4.79 Å². The molecule has 0 spiro atoms. The van der Waals surface area contributed by atoms with Gasteiger partial charge in [0.05, 0.1) is 30.3 Å². The number of carbonyl (C=O) groups is 3. The maximum atomic E-state index is 12.2. The summed E-state index contributed by atoms with van der Waals surface area (Å²) in [5.74, 6) is -2.24. The van der Waals surface area contributed by atoms with Crippen molar-refractivity contribution < 1.29 is 24.0 Å². The molecule has 23 heavy (non-hydrogen) atoms. The second-order valence-electron chi connectivity index (χ2n) is 5.67. The molecule has 0 bridgehead atoms. The van der Waals surface area contributed by atoms with Crippen molar-refractivity contribution in [2.75, 3.05) is 32.8 Å². The molecule has 122 valence electrons. The molecule has 2 aliphatic heterocycles. The molecule has 0 N–H and O–H groups in total. The lowest BCUT2D eigenvalue weighted by Crippen LogP contribution is -2.42. The predicted octanol–water partition coefficient (Wildman–Crippen LogP) is 0.709. The molecule has 1 aromatic rings. The molecule has 3 rings (SSSR count). The SMILES string of the molecule is CC(CN1CCOCC1)C(=O)ON1C(=O)c2ccccc2C1=O. The third-order valence-electron chi connectivity index (χ3n) is 3.98. The van der Waals surface area contributed by atoms with Crippen LogP contribution in [0, 0.1) is 5.92 Å². The lowest BCUT2D eigenvalue weighted by atomic mass is 10.1. The van der Waals surface area contributed by atoms with E-state index in [0.29, 0.717) is 24.8 Å². The third kappa shape index (κ3) is 3.11. The molecule has 2 amide bonds. The minimum absolute atomic E-state index is 0.256. The highest BCUT2D eigenvalue weighted by Crippen LogP contribution is 2.23. The Kier molecular flexibility index (Phi) is 4.40. The van der Waals surface area contributed by atoms with Crippen LogP contribution in [0.4, 0.5) is 0 Å². The molecule has 1 unspecified atom stereocenters. The summed E-state index contributed by atoms with van der Waals surface area (Å²) in [5.41, 5.74) is 0.511. The molecule has 7 heteroatoms. The van der Waals surface area contributed by atoms with Crippen LogP contribution in [0.5, 0.6) is 0 Å². The van der Waals surface area contributed by atoms with Crippen LogP contribution in [0.3, 0.4) is 0 Å². The molecular weight excluding hydrogens is 300 g/mol. The van der Waals surface area contributed by atoms with E-state index in [2.05, 4.69) is 4.90 Å². The van der Waals surface area contributed by atoms with Crippen molar-refractivity contribution in [1.82, 2.24) is 9.96 Å². The van der Waals surface area contributed by atoms with Gasteiger partial charge >= 0.3 is 5.97 Å². The summed E-state index contributed by atoms with van der Waals surface area (Å²) in [6.45, 7) is 5.01. The van der Waals surface area contributed by atoms with Crippen molar-refractivity contribution in [2.24, 2.45) is 5.92 Å². The quantitative estimate of drug-likeness (QED) is 0.761. The van der Waals surface area contributed by atoms with Gasteiger partial charge in [0.2, 0.25) is 0 Å². The summed E-state index contributed by atoms with van der Waals surface area (Å²) in [7, 11) is 0. The van der Waals surface area contributed by atoms with Crippen LogP contribution in [0.2, 0.25) is 0 Å². The molecule has 0 saturated carbocycles. The second-order valence-corrected chi connectivity index (χ2v) is 5.67. The number of benzene rings is 1. The van der Waals surface area contributed by atoms with Gasteiger partial charge in [0.15, 0.2) is 0 Å². The molecule has 2 heterocycles. The van der Waals surface area contributed by atoms with Gasteiger partial charge in [-0.15, -0.1) is 0 Å². The first-order valence-electron chi connectivity index (χ1n) is 7.57. The Balaban J connectivity index is 1.62. The Bertz CT molecular complexity index is 604. The van der Waals surface area contributed by atoms with Crippen molar-refractivity contribution in [3.8, 4) is 0 Å². The maximum Gasteiger partial charge on any atom is 0.337 e. The maximum absolute atomic E-state index is 12.2. The molecule has 0 aromatic heterocycles. The van der Waals surface area contributed by atoms with Gasteiger partial charge in [0, 0.05) is 19.6 Å². The fraction of sp³-hybridized carbons (Fsp3) is 0.438. The zero-order valence-corrected chi connectivity index (χ0v) is 12.9. The molecule has 2 aliphatic rings. The number of hydrogen-bond donors (Lipinski definition) is 0. The standard InChI is InChI=1S/C16H18N2O5/c1-11(10-17-6-8-22-9-7-17)16(21)23-18-14(19)12-4-2-3-5-13(12)15(18)20/h2-5,11H,6-10H2,1H3. The predicted molar refractivity (Wildman–Crippen MR) is 79.5 cm³/mol. The summed E-state index contributed by atoms with van der Waals surface area (Å²) in [4.78, 5) is 43.7. The first-order valence-corrected chi connectivity index (χ1v) is 7.57. The zero-order chi connectivity index (χ0) is 16.4. The lowest BCUT2D eigenvalue weighted by Gasteiger charge is -2.28. The number of morpholine rings is 1. The highest BCUT2D eigenvalue weighted by Gasteiger charge is 2.39. The molecule has 0 radical (unpaired) electrons. The fourth-order valence-corrected chi connectivity index (χ4v) is 2.68. The number of imide groups is 1. The number of ether oxygens (including phenoxy) is 1. The van der Waals surface area contributed by atoms with Crippen LogP contribution in [0.25, 0.3) is 0 Å². The van der Waals surface area contributed by atoms with E-state index in [1.165, 1.54) is 0 Å². The molecule has 1 atom stereocenters. The largest absolute Gasteiger partial charge is 0.379 e. The first-order chi connectivity index (χ1) is 11.1. The Hall–Kier alpha value is -2.25. The van der Waals surface area contributed by atoms with Crippen molar-refractivity contribution in [3.63, 3.8) is 0 Å². The number of hydrogen-bond acceptors (Lipinski definition) is 6. The lowest BCUT2D eigenvalue weighted by molar-refractivity contribution is -0.174. The Morgan fingerprint density at radius 3 is 2.30 bits per heavy atom. The average molecular weight is 318 g/mol. The van der Waals surface area contributed by atoms with E-state index in [9.17, 15) is 14.4 Å². The van der Waals surface area contributed by atoms with Crippen molar-refractivity contribution in [3.05, 3.63) is 35.4 Å². The summed E-state index contributed by atoms with van der Waals surface area (Å²) in [6.07, 6.45) is 0. The summed E-state index contributed by atoms with van der Waals surface area (Å²) in [6, 6.07) is 6.41. The van der Waals surface area contributed by atoms with Crippen molar-refractivity contribution in [1.29, 1.82) is 0 Å². The molecule has 0 aliphatic carbocycles. The van der Waals surface area contributed by atoms with Gasteiger partial charge in [-0.1, -0.05) is 24.1 Å². The van der Waals surface area contributed by atoms with E-state index in [1.807, 2.05) is 0 Å². The number of amides is 2. The van der Waals surface area contributed by atoms with Gasteiger partial charge in [-0.3, -0.25) is 14.5 Å². The Morgan fingerprint density at radius 2 is 1.74 bits per heavy atom. The number of fused-ring (bicyclic) bond motifs is 1. The Labute approximate surface area is 133 Å². The number of rotatable bonds is 4. The topological polar surface area (TPSA) is 76.2 Å². The summed E-state index contributed by atoms with van der Waals surface area (Å²) in [5, 5.41) is 0.558. The van der Waals surface area contributed by atoms with Crippen LogP contribution < -0.4 is 0 Å². The molecule has 7 nitrogen and oxygen atoms in total. The van der Waals surface area contributed by atoms with E-state index in [-0.39, 0.29) is 11.1 Å². The minimum Gasteiger partial charge on any atom is -0.379 e. The van der Waals surface area contributed by atoms with E-state index in [1.54, 1.807) is 31.2 Å². The Morgan fingerprint density at radius 1 is 1.17 bits per heavy atom. The van der Waals surface area contributed by atoms with Gasteiger partial charge in [-0.2, -0.15) is 0 Å². The number of nitrogens with zero attached hydrogens (tertiary/aromatic N) is 2. The van der Waals surface area contributed by atoms with Crippen LogP contribution in [-0.4, -0.2) is 60.6 Å². The van der Waals surface area contributed by atoms with Gasteiger partial charge < -0.3 is 9.57 Å². The van der Waals surface area contributed by atoms with Gasteiger partial charge in [0.1, 0.15) is 0 Å². The highest BCUT2D eigenvalue weighted by atomic mass is 16.7. The summed E-state index contributed by atoms with van der Waals surface area (Å²) < 4.78 is 5.26. The van der Waals surface area contributed by atoms with Crippen molar-refractivity contribution in [2.45, 2.75) is 6.92 Å². The van der Waals surface area contributed by atoms with Crippen molar-refractivity contribution >= 4 is 17.8 Å². The van der Waals surface area contributed by atoms with Gasteiger partial charge in [-0.05, 0) is 12.1 Å². The second kappa shape index (κ2) is 6.47. The van der Waals surface area contributed by atoms with E-state index in [0.717, 1.165) is 13.1 Å². The van der Waals surface area contributed by atoms with E-state index >= 15 is 0 Å². The van der Waals surface area contributed by atoms with E-state index < -0.39 is 23.7 Å². The van der Waals surface area contributed by atoms with E-state index in [4.69, 9.17) is 9.57 Å². The number of hydroxylamine groups is 2. The molecular formula is C16H18N2O5. The van der Waals surface area contributed by atoms with Crippen LogP contribution in [0.15, 0.2) is 24.3 Å². The smallest absolute Gasteiger partial charge is 0.337 e. The minimum atomic E-state index is -0.600. The van der Waals surface area contributed by atoms with Crippen LogP contribution >= 0.6 is 0 Å². The third-order valence-corrected chi connectivity index (χ3v) is 3.98. The molecule has 1 saturated heterocycles. The average Bonchev–Trinajstić information content (AvgIpc) is 2.81. The number of carbonyl (C=O) groups excluding carboxylic acids is 3. The van der Waals surface area contributed by atoms with Crippen LogP contribution in [0.1, 0.15) is 27.6 Å². The monoisotopic (exact) mass is 318 g/mol. The summed E-state index contributed by atoms with van der Waals surface area (Å²) >= 11 is 0. The first kappa shape index (κ1) is 15.6. The molecule has 1 fully saturated rings. The normalized spacial score (nSPS) is 19.6. The van der Waals surface area contributed by atoms with Gasteiger partial charge in [0.25, 0.3) is 11.8 Å². The van der Waals surface area contributed by atoms with Crippen LogP contribution in [-0.2, 0) is 14.4 Å². The fourth-order valence-electron chi connectivity index (χ4n) is 2.68. The molecule has 1 aromatic carbocycles. The zero-order valence-electron chi connectivity index (χ0n) is 12.9.